The number of rotatable bonds is 9. The number of hydrogen-bond donors (Lipinski definition) is 1. The number of nitrogens with zero attached hydrogens (tertiary/aromatic N) is 1. The van der Waals surface area contributed by atoms with Gasteiger partial charge in [0.25, 0.3) is 5.91 Å². The first-order chi connectivity index (χ1) is 15.0. The number of amides is 2. The van der Waals surface area contributed by atoms with Crippen molar-refractivity contribution in [1.82, 2.24) is 4.90 Å². The van der Waals surface area contributed by atoms with Crippen molar-refractivity contribution in [3.8, 4) is 11.5 Å². The molecule has 32 heavy (non-hydrogen) atoms. The maximum atomic E-state index is 13.2. The first kappa shape index (κ1) is 23.5. The highest BCUT2D eigenvalue weighted by Crippen LogP contribution is 2.42. The number of fused-ring (bicyclic) bond motifs is 1. The van der Waals surface area contributed by atoms with Crippen molar-refractivity contribution in [3.63, 3.8) is 0 Å². The van der Waals surface area contributed by atoms with E-state index in [1.54, 1.807) is 19.1 Å². The zero-order valence-electron chi connectivity index (χ0n) is 17.2. The largest absolute Gasteiger partial charge is 0.490 e. The van der Waals surface area contributed by atoms with E-state index < -0.39 is 46.1 Å². The molecule has 1 aliphatic rings. The second kappa shape index (κ2) is 9.11. The van der Waals surface area contributed by atoms with Crippen LogP contribution in [0.2, 0.25) is 0 Å². The number of halogens is 2. The van der Waals surface area contributed by atoms with E-state index in [0.717, 1.165) is 11.2 Å². The predicted octanol–water partition coefficient (Wildman–Crippen LogP) is 2.25. The number of primary amides is 1. The van der Waals surface area contributed by atoms with E-state index in [1.165, 1.54) is 24.3 Å². The Morgan fingerprint density at radius 3 is 2.59 bits per heavy atom. The van der Waals surface area contributed by atoms with Gasteiger partial charge in [-0.05, 0) is 36.2 Å². The van der Waals surface area contributed by atoms with E-state index in [1.807, 2.05) is 0 Å². The molecule has 0 aliphatic carbocycles. The molecule has 0 aromatic heterocycles. The molecule has 2 atom stereocenters. The smallest absolute Gasteiger partial charge is 0.387 e. The number of benzene rings is 2. The SMILES string of the molecule is CCOc1cc(C(CS(C)(=O)=O)N2C(=O)c3[c]cccc3C2C(N)=O)ccc1OC(F)F. The van der Waals surface area contributed by atoms with Gasteiger partial charge in [-0.25, -0.2) is 8.42 Å². The number of nitrogens with two attached hydrogens (primary N) is 1. The zero-order valence-corrected chi connectivity index (χ0v) is 18.1. The second-order valence-electron chi connectivity index (χ2n) is 7.14. The summed E-state index contributed by atoms with van der Waals surface area (Å²) in [6.45, 7) is -1.35. The maximum Gasteiger partial charge on any atom is 0.387 e. The Morgan fingerprint density at radius 1 is 1.28 bits per heavy atom. The molecule has 2 aromatic rings. The normalized spacial score (nSPS) is 16.7. The van der Waals surface area contributed by atoms with E-state index in [2.05, 4.69) is 10.8 Å². The molecule has 0 fully saturated rings. The second-order valence-corrected chi connectivity index (χ2v) is 9.33. The average Bonchev–Trinajstić information content (AvgIpc) is 2.99. The molecule has 2 amide bonds. The van der Waals surface area contributed by atoms with Gasteiger partial charge in [0.05, 0.1) is 24.0 Å². The van der Waals surface area contributed by atoms with Crippen LogP contribution >= 0.6 is 0 Å². The van der Waals surface area contributed by atoms with E-state index in [0.29, 0.717) is 5.56 Å². The van der Waals surface area contributed by atoms with Crippen molar-refractivity contribution < 1.29 is 36.3 Å². The van der Waals surface area contributed by atoms with Crippen molar-refractivity contribution in [2.75, 3.05) is 18.6 Å². The molecule has 11 heteroatoms. The standard InChI is InChI=1S/C21H21F2N2O6S/c1-3-30-17-10-12(8-9-16(17)31-21(22)23)15(11-32(2,28)29)25-18(19(24)26)13-6-4-5-7-14(13)20(25)27/h4-6,8-10,15,18,21H,3,11H2,1-2H3,(H2,24,26). The summed E-state index contributed by atoms with van der Waals surface area (Å²) in [5.41, 5.74) is 6.24. The minimum atomic E-state index is -3.67. The average molecular weight is 467 g/mol. The third-order valence-corrected chi connectivity index (χ3v) is 5.77. The number of carbonyl (C=O) groups is 2. The monoisotopic (exact) mass is 467 g/mol. The minimum absolute atomic E-state index is 0.0600. The fourth-order valence-corrected chi connectivity index (χ4v) is 4.62. The van der Waals surface area contributed by atoms with Gasteiger partial charge in [-0.2, -0.15) is 8.78 Å². The fourth-order valence-electron chi connectivity index (χ4n) is 3.69. The molecule has 1 aliphatic heterocycles. The summed E-state index contributed by atoms with van der Waals surface area (Å²) in [5.74, 6) is -2.33. The molecular formula is C21H21F2N2O6S. The van der Waals surface area contributed by atoms with Gasteiger partial charge < -0.3 is 20.1 Å². The number of carbonyl (C=O) groups excluding carboxylic acids is 2. The lowest BCUT2D eigenvalue weighted by molar-refractivity contribution is -0.123. The Kier molecular flexibility index (Phi) is 6.68. The summed E-state index contributed by atoms with van der Waals surface area (Å²) in [6.07, 6.45) is 0.983. The number of hydrogen-bond acceptors (Lipinski definition) is 6. The molecule has 171 valence electrons. The Hall–Kier alpha value is -3.21. The van der Waals surface area contributed by atoms with Crippen LogP contribution in [0.5, 0.6) is 11.5 Å². The van der Waals surface area contributed by atoms with Gasteiger partial charge >= 0.3 is 6.61 Å². The minimum Gasteiger partial charge on any atom is -0.490 e. The summed E-state index contributed by atoms with van der Waals surface area (Å²) in [7, 11) is -3.67. The van der Waals surface area contributed by atoms with Gasteiger partial charge in [-0.1, -0.05) is 24.3 Å². The highest BCUT2D eigenvalue weighted by atomic mass is 32.2. The molecule has 2 unspecified atom stereocenters. The lowest BCUT2D eigenvalue weighted by Gasteiger charge is -2.32. The molecule has 1 radical (unpaired) electrons. The Balaban J connectivity index is 2.15. The third kappa shape index (κ3) is 4.82. The Bertz CT molecular complexity index is 1140. The molecule has 3 rings (SSSR count). The Labute approximate surface area is 183 Å². The predicted molar refractivity (Wildman–Crippen MR) is 110 cm³/mol. The van der Waals surface area contributed by atoms with Crippen molar-refractivity contribution in [1.29, 1.82) is 0 Å². The first-order valence-corrected chi connectivity index (χ1v) is 11.6. The highest BCUT2D eigenvalue weighted by molar-refractivity contribution is 7.90. The maximum absolute atomic E-state index is 13.2. The van der Waals surface area contributed by atoms with Crippen LogP contribution in [0.1, 0.15) is 40.5 Å². The topological polar surface area (TPSA) is 116 Å². The van der Waals surface area contributed by atoms with E-state index in [9.17, 15) is 26.8 Å². The summed E-state index contributed by atoms with van der Waals surface area (Å²) in [4.78, 5) is 26.6. The highest BCUT2D eigenvalue weighted by Gasteiger charge is 2.45. The van der Waals surface area contributed by atoms with Gasteiger partial charge in [-0.15, -0.1) is 0 Å². The summed E-state index contributed by atoms with van der Waals surface area (Å²) >= 11 is 0. The number of alkyl halides is 2. The third-order valence-electron chi connectivity index (χ3n) is 4.84. The van der Waals surface area contributed by atoms with Crippen LogP contribution in [-0.4, -0.2) is 50.4 Å². The molecule has 2 N–H and O–H groups in total. The van der Waals surface area contributed by atoms with Crippen molar-refractivity contribution in [2.24, 2.45) is 5.73 Å². The summed E-state index contributed by atoms with van der Waals surface area (Å²) in [5, 5.41) is 0. The van der Waals surface area contributed by atoms with Crippen LogP contribution in [0.3, 0.4) is 0 Å². The molecular weight excluding hydrogens is 446 g/mol. The van der Waals surface area contributed by atoms with Crippen molar-refractivity contribution in [2.45, 2.75) is 25.6 Å². The molecule has 8 nitrogen and oxygen atoms in total. The van der Waals surface area contributed by atoms with Crippen LogP contribution in [0, 0.1) is 6.07 Å². The molecule has 0 saturated heterocycles. The summed E-state index contributed by atoms with van der Waals surface area (Å²) in [6, 6.07) is 8.86. The van der Waals surface area contributed by atoms with Crippen LogP contribution in [0.15, 0.2) is 36.4 Å². The molecule has 1 heterocycles. The zero-order chi connectivity index (χ0) is 23.6. The first-order valence-electron chi connectivity index (χ1n) is 9.55. The van der Waals surface area contributed by atoms with Gasteiger partial charge in [0, 0.05) is 6.26 Å². The van der Waals surface area contributed by atoms with Gasteiger partial charge in [0.2, 0.25) is 5.91 Å². The van der Waals surface area contributed by atoms with Crippen molar-refractivity contribution >= 4 is 21.7 Å². The number of ether oxygens (including phenoxy) is 2. The van der Waals surface area contributed by atoms with Crippen molar-refractivity contribution in [3.05, 3.63) is 59.2 Å². The van der Waals surface area contributed by atoms with E-state index >= 15 is 0 Å². The molecule has 0 spiro atoms. The van der Waals surface area contributed by atoms with Gasteiger partial charge in [0.15, 0.2) is 11.5 Å². The van der Waals surface area contributed by atoms with Crippen LogP contribution in [0.25, 0.3) is 0 Å². The molecule has 0 saturated carbocycles. The molecule has 2 aromatic carbocycles. The van der Waals surface area contributed by atoms with Gasteiger partial charge in [-0.3, -0.25) is 9.59 Å². The number of sulfone groups is 1. The molecule has 0 bridgehead atoms. The van der Waals surface area contributed by atoms with E-state index in [4.69, 9.17) is 10.5 Å². The van der Waals surface area contributed by atoms with Gasteiger partial charge in [0.1, 0.15) is 15.9 Å². The summed E-state index contributed by atoms with van der Waals surface area (Å²) < 4.78 is 59.8. The van der Waals surface area contributed by atoms with Crippen LogP contribution < -0.4 is 15.2 Å². The lowest BCUT2D eigenvalue weighted by Crippen LogP contribution is -2.41. The van der Waals surface area contributed by atoms with Crippen LogP contribution in [-0.2, 0) is 14.6 Å². The quantitative estimate of drug-likeness (QED) is 0.605. The fraction of sp³-hybridized carbons (Fsp3) is 0.333. The van der Waals surface area contributed by atoms with E-state index in [-0.39, 0.29) is 29.2 Å². The Morgan fingerprint density at radius 2 is 2.00 bits per heavy atom. The van der Waals surface area contributed by atoms with Crippen LogP contribution in [0.4, 0.5) is 8.78 Å². The lowest BCUT2D eigenvalue weighted by atomic mass is 10.0.